The van der Waals surface area contributed by atoms with Gasteiger partial charge < -0.3 is 9.52 Å². The van der Waals surface area contributed by atoms with Crippen LogP contribution in [0.15, 0.2) is 64.1 Å². The summed E-state index contributed by atoms with van der Waals surface area (Å²) in [6.07, 6.45) is 1.25. The lowest BCUT2D eigenvalue weighted by atomic mass is 10.1. The standard InChI is InChI=1S/C19H12ClN3O6/c20-16-7-3-12(19(25)26)9-15(16)17-8-6-14(29-17)10-21-22-18(24)11-1-4-13(5-2-11)23(27)28/h1-10H,(H,22,24)(H,25,26)/b21-10-. The van der Waals surface area contributed by atoms with Gasteiger partial charge in [-0.2, -0.15) is 5.10 Å². The van der Waals surface area contributed by atoms with Gasteiger partial charge in [0, 0.05) is 23.3 Å². The molecule has 3 rings (SSSR count). The van der Waals surface area contributed by atoms with Crippen molar-refractivity contribution < 1.29 is 24.0 Å². The summed E-state index contributed by atoms with van der Waals surface area (Å²) in [5, 5.41) is 23.8. The third-order valence-corrected chi connectivity index (χ3v) is 4.13. The van der Waals surface area contributed by atoms with Crippen LogP contribution in [0.3, 0.4) is 0 Å². The number of nitro groups is 1. The van der Waals surface area contributed by atoms with Gasteiger partial charge in [0.05, 0.1) is 21.7 Å². The topological polar surface area (TPSA) is 135 Å². The predicted octanol–water partition coefficient (Wildman–Crippen LogP) is 3.97. The zero-order valence-electron chi connectivity index (χ0n) is 14.5. The molecule has 3 aromatic rings. The Kier molecular flexibility index (Phi) is 5.70. The summed E-state index contributed by atoms with van der Waals surface area (Å²) in [6.45, 7) is 0. The number of halogens is 1. The van der Waals surface area contributed by atoms with Gasteiger partial charge in [-0.15, -0.1) is 0 Å². The van der Waals surface area contributed by atoms with E-state index in [1.54, 1.807) is 12.1 Å². The molecule has 1 aromatic heterocycles. The highest BCUT2D eigenvalue weighted by atomic mass is 35.5. The molecule has 2 N–H and O–H groups in total. The number of carboxylic acid groups (broad SMARTS) is 1. The molecule has 0 aliphatic heterocycles. The summed E-state index contributed by atoms with van der Waals surface area (Å²) in [7, 11) is 0. The Morgan fingerprint density at radius 2 is 1.79 bits per heavy atom. The first-order valence-electron chi connectivity index (χ1n) is 8.06. The SMILES string of the molecule is O=C(O)c1ccc(Cl)c(-c2ccc(/C=N\NC(=O)c3ccc([N+](=O)[O-])cc3)o2)c1. The van der Waals surface area contributed by atoms with Gasteiger partial charge in [-0.3, -0.25) is 14.9 Å². The monoisotopic (exact) mass is 413 g/mol. The summed E-state index contributed by atoms with van der Waals surface area (Å²) < 4.78 is 5.56. The van der Waals surface area contributed by atoms with E-state index in [9.17, 15) is 19.7 Å². The number of nitro benzene ring substituents is 1. The quantitative estimate of drug-likeness (QED) is 0.356. The molecule has 146 valence electrons. The number of nitrogens with zero attached hydrogens (tertiary/aromatic N) is 2. The zero-order valence-corrected chi connectivity index (χ0v) is 15.3. The van der Waals surface area contributed by atoms with Crippen molar-refractivity contribution in [3.05, 3.63) is 86.6 Å². The van der Waals surface area contributed by atoms with E-state index in [0.29, 0.717) is 22.1 Å². The maximum absolute atomic E-state index is 12.0. The highest BCUT2D eigenvalue weighted by Gasteiger charge is 2.12. The molecule has 0 spiro atoms. The van der Waals surface area contributed by atoms with E-state index in [1.807, 2.05) is 0 Å². The first-order chi connectivity index (χ1) is 13.8. The van der Waals surface area contributed by atoms with Gasteiger partial charge >= 0.3 is 5.97 Å². The Bertz CT molecular complexity index is 1120. The molecule has 0 saturated heterocycles. The summed E-state index contributed by atoms with van der Waals surface area (Å²) in [5.41, 5.74) is 2.82. The largest absolute Gasteiger partial charge is 0.478 e. The molecule has 1 heterocycles. The number of hydrogen-bond donors (Lipinski definition) is 2. The highest BCUT2D eigenvalue weighted by Crippen LogP contribution is 2.30. The molecule has 29 heavy (non-hydrogen) atoms. The lowest BCUT2D eigenvalue weighted by Crippen LogP contribution is -2.17. The third-order valence-electron chi connectivity index (χ3n) is 3.80. The van der Waals surface area contributed by atoms with E-state index in [-0.39, 0.29) is 16.8 Å². The fraction of sp³-hybridized carbons (Fsp3) is 0. The highest BCUT2D eigenvalue weighted by molar-refractivity contribution is 6.33. The number of non-ortho nitro benzene ring substituents is 1. The number of carbonyl (C=O) groups is 2. The Morgan fingerprint density at radius 1 is 1.10 bits per heavy atom. The molecule has 0 aliphatic carbocycles. The summed E-state index contributed by atoms with van der Waals surface area (Å²) >= 11 is 6.10. The number of furan rings is 1. The maximum atomic E-state index is 12.0. The van der Waals surface area contributed by atoms with Crippen molar-refractivity contribution in [1.29, 1.82) is 0 Å². The second-order valence-corrected chi connectivity index (χ2v) is 6.11. The van der Waals surface area contributed by atoms with Gasteiger partial charge in [0.2, 0.25) is 0 Å². The van der Waals surface area contributed by atoms with Crippen molar-refractivity contribution in [1.82, 2.24) is 5.43 Å². The van der Waals surface area contributed by atoms with E-state index in [4.69, 9.17) is 21.1 Å². The van der Waals surface area contributed by atoms with Crippen LogP contribution in [0.25, 0.3) is 11.3 Å². The Morgan fingerprint density at radius 3 is 2.45 bits per heavy atom. The van der Waals surface area contributed by atoms with Gasteiger partial charge in [0.1, 0.15) is 11.5 Å². The van der Waals surface area contributed by atoms with Crippen LogP contribution >= 0.6 is 11.6 Å². The van der Waals surface area contributed by atoms with Crippen LogP contribution in [0.2, 0.25) is 5.02 Å². The maximum Gasteiger partial charge on any atom is 0.335 e. The van der Waals surface area contributed by atoms with E-state index >= 15 is 0 Å². The van der Waals surface area contributed by atoms with Crippen LogP contribution in [-0.2, 0) is 0 Å². The van der Waals surface area contributed by atoms with Crippen molar-refractivity contribution in [2.24, 2.45) is 5.10 Å². The minimum atomic E-state index is -1.09. The number of aromatic carboxylic acids is 1. The summed E-state index contributed by atoms with van der Waals surface area (Å²) in [5.74, 6) is -1.02. The second kappa shape index (κ2) is 8.36. The smallest absolute Gasteiger partial charge is 0.335 e. The lowest BCUT2D eigenvalue weighted by Gasteiger charge is -2.02. The Labute approximate surface area is 168 Å². The van der Waals surface area contributed by atoms with Crippen molar-refractivity contribution in [3.8, 4) is 11.3 Å². The first-order valence-corrected chi connectivity index (χ1v) is 8.44. The van der Waals surface area contributed by atoms with Crippen molar-refractivity contribution in [3.63, 3.8) is 0 Å². The third kappa shape index (κ3) is 4.66. The van der Waals surface area contributed by atoms with E-state index < -0.39 is 16.8 Å². The number of benzene rings is 2. The summed E-state index contributed by atoms with van der Waals surface area (Å²) in [6, 6.07) is 12.4. The van der Waals surface area contributed by atoms with E-state index in [0.717, 1.165) is 0 Å². The fourth-order valence-electron chi connectivity index (χ4n) is 2.37. The fourth-order valence-corrected chi connectivity index (χ4v) is 2.58. The van der Waals surface area contributed by atoms with E-state index in [1.165, 1.54) is 48.7 Å². The normalized spacial score (nSPS) is 10.8. The van der Waals surface area contributed by atoms with Gasteiger partial charge in [-0.25, -0.2) is 10.2 Å². The minimum Gasteiger partial charge on any atom is -0.478 e. The van der Waals surface area contributed by atoms with Crippen LogP contribution in [0.4, 0.5) is 5.69 Å². The van der Waals surface area contributed by atoms with Gasteiger partial charge in [0.25, 0.3) is 11.6 Å². The van der Waals surface area contributed by atoms with Crippen LogP contribution in [0.5, 0.6) is 0 Å². The molecule has 0 bridgehead atoms. The van der Waals surface area contributed by atoms with Crippen LogP contribution in [-0.4, -0.2) is 28.1 Å². The minimum absolute atomic E-state index is 0.0615. The molecular formula is C19H12ClN3O6. The van der Waals surface area contributed by atoms with Crippen molar-refractivity contribution in [2.75, 3.05) is 0 Å². The molecule has 9 nitrogen and oxygen atoms in total. The Hall–Kier alpha value is -3.98. The van der Waals surface area contributed by atoms with Gasteiger partial charge in [-0.05, 0) is 42.5 Å². The molecule has 0 atom stereocenters. The van der Waals surface area contributed by atoms with Crippen molar-refractivity contribution >= 4 is 35.4 Å². The van der Waals surface area contributed by atoms with Crippen LogP contribution < -0.4 is 5.43 Å². The lowest BCUT2D eigenvalue weighted by molar-refractivity contribution is -0.384. The molecule has 0 fully saturated rings. The number of rotatable bonds is 6. The average Bonchev–Trinajstić information content (AvgIpc) is 3.16. The number of nitrogens with one attached hydrogen (secondary N) is 1. The number of hydrazone groups is 1. The zero-order chi connectivity index (χ0) is 21.0. The molecule has 0 aliphatic rings. The number of carbonyl (C=O) groups excluding carboxylic acids is 1. The predicted molar refractivity (Wildman–Crippen MR) is 104 cm³/mol. The number of hydrogen-bond acceptors (Lipinski definition) is 6. The molecule has 2 aromatic carbocycles. The second-order valence-electron chi connectivity index (χ2n) is 5.70. The molecule has 0 saturated carbocycles. The molecule has 1 amide bonds. The number of carboxylic acids is 1. The van der Waals surface area contributed by atoms with Crippen LogP contribution in [0, 0.1) is 10.1 Å². The Balaban J connectivity index is 1.69. The average molecular weight is 414 g/mol. The van der Waals surface area contributed by atoms with Crippen LogP contribution in [0.1, 0.15) is 26.5 Å². The first kappa shape index (κ1) is 19.8. The number of amides is 1. The molecule has 0 radical (unpaired) electrons. The van der Waals surface area contributed by atoms with Gasteiger partial charge in [0.15, 0.2) is 0 Å². The summed E-state index contributed by atoms with van der Waals surface area (Å²) in [4.78, 5) is 33.2. The molecule has 10 heteroatoms. The molecule has 0 unspecified atom stereocenters. The molecular weight excluding hydrogens is 402 g/mol. The van der Waals surface area contributed by atoms with E-state index in [2.05, 4.69) is 10.5 Å². The van der Waals surface area contributed by atoms with Gasteiger partial charge in [-0.1, -0.05) is 11.6 Å². The van der Waals surface area contributed by atoms with Crippen molar-refractivity contribution in [2.45, 2.75) is 0 Å².